The van der Waals surface area contributed by atoms with Gasteiger partial charge in [-0.3, -0.25) is 9.69 Å². The van der Waals surface area contributed by atoms with E-state index < -0.39 is 17.7 Å². The van der Waals surface area contributed by atoms with Gasteiger partial charge in [-0.05, 0) is 19.8 Å². The van der Waals surface area contributed by atoms with Gasteiger partial charge in [0.2, 0.25) is 5.91 Å². The molecule has 0 aliphatic carbocycles. The summed E-state index contributed by atoms with van der Waals surface area (Å²) in [6, 6.07) is -1.26. The highest BCUT2D eigenvalue weighted by Crippen LogP contribution is 2.12. The summed E-state index contributed by atoms with van der Waals surface area (Å²) in [6.07, 6.45) is 0. The summed E-state index contributed by atoms with van der Waals surface area (Å²) in [7, 11) is 0. The summed E-state index contributed by atoms with van der Waals surface area (Å²) in [5, 5.41) is 12.3. The summed E-state index contributed by atoms with van der Waals surface area (Å²) in [6.45, 7) is 10.5. The number of urea groups is 1. The molecular weight excluding hydrogens is 272 g/mol. The Morgan fingerprint density at radius 3 is 2.14 bits per heavy atom. The molecule has 0 spiro atoms. The molecule has 1 rings (SSSR count). The summed E-state index contributed by atoms with van der Waals surface area (Å²) < 4.78 is 0. The molecule has 0 radical (unpaired) electrons. The summed E-state index contributed by atoms with van der Waals surface area (Å²) in [5.41, 5.74) is 4.40. The second kappa shape index (κ2) is 7.09. The van der Waals surface area contributed by atoms with E-state index in [0.29, 0.717) is 19.6 Å². The fraction of sp³-hybridized carbons (Fsp3) is 0.857. The van der Waals surface area contributed by atoms with Gasteiger partial charge in [0, 0.05) is 32.7 Å². The lowest BCUT2D eigenvalue weighted by Gasteiger charge is -2.39. The molecule has 3 amide bonds. The number of nitrogens with zero attached hydrogens (tertiary/aromatic N) is 2. The first-order valence-corrected chi connectivity index (χ1v) is 7.39. The van der Waals surface area contributed by atoms with Gasteiger partial charge < -0.3 is 21.1 Å². The average Bonchev–Trinajstić information content (AvgIpc) is 2.33. The predicted molar refractivity (Wildman–Crippen MR) is 80.7 cm³/mol. The van der Waals surface area contributed by atoms with Crippen LogP contribution in [0.4, 0.5) is 4.79 Å². The van der Waals surface area contributed by atoms with Gasteiger partial charge in [-0.25, -0.2) is 4.79 Å². The molecule has 21 heavy (non-hydrogen) atoms. The molecule has 0 aromatic heterocycles. The minimum Gasteiger partial charge on any atom is -0.389 e. The molecule has 0 bridgehead atoms. The van der Waals surface area contributed by atoms with E-state index >= 15 is 0 Å². The Morgan fingerprint density at radius 1 is 1.24 bits per heavy atom. The van der Waals surface area contributed by atoms with Crippen molar-refractivity contribution < 1.29 is 14.7 Å². The van der Waals surface area contributed by atoms with Gasteiger partial charge in [-0.2, -0.15) is 0 Å². The third kappa shape index (κ3) is 5.89. The molecule has 1 heterocycles. The maximum Gasteiger partial charge on any atom is 0.312 e. The topological polar surface area (TPSA) is 98.9 Å². The largest absolute Gasteiger partial charge is 0.389 e. The van der Waals surface area contributed by atoms with Crippen LogP contribution in [0.25, 0.3) is 0 Å². The number of β-amino-alcohol motifs (C(OH)–C–C–N with tert-alkyl or cyclic N) is 1. The van der Waals surface area contributed by atoms with E-state index in [1.807, 2.05) is 13.8 Å². The Kier molecular flexibility index (Phi) is 5.98. The smallest absolute Gasteiger partial charge is 0.312 e. The van der Waals surface area contributed by atoms with E-state index in [1.165, 1.54) is 0 Å². The molecule has 0 aromatic rings. The molecule has 4 N–H and O–H groups in total. The molecule has 0 aromatic carbocycles. The fourth-order valence-electron chi connectivity index (χ4n) is 2.54. The number of hydrogen-bond donors (Lipinski definition) is 3. The zero-order valence-electron chi connectivity index (χ0n) is 13.4. The number of hydrogen-bond acceptors (Lipinski definition) is 4. The van der Waals surface area contributed by atoms with Crippen LogP contribution in [-0.4, -0.2) is 71.2 Å². The van der Waals surface area contributed by atoms with Crippen LogP contribution in [0.5, 0.6) is 0 Å². The van der Waals surface area contributed by atoms with Crippen molar-refractivity contribution in [3.05, 3.63) is 0 Å². The SMILES string of the molecule is CC(C)C(NC(N)=O)C(=O)N1CCN(CC(C)(C)O)CC1. The van der Waals surface area contributed by atoms with E-state index in [1.54, 1.807) is 18.7 Å². The van der Waals surface area contributed by atoms with Crippen molar-refractivity contribution >= 4 is 11.9 Å². The molecule has 0 saturated carbocycles. The number of nitrogens with one attached hydrogen (secondary N) is 1. The Hall–Kier alpha value is -1.34. The second-order valence-electron chi connectivity index (χ2n) is 6.64. The number of primary amides is 1. The first-order chi connectivity index (χ1) is 9.60. The lowest BCUT2D eigenvalue weighted by Crippen LogP contribution is -2.58. The van der Waals surface area contributed by atoms with Gasteiger partial charge in [0.1, 0.15) is 6.04 Å². The first-order valence-electron chi connectivity index (χ1n) is 7.39. The maximum atomic E-state index is 12.5. The number of amides is 3. The van der Waals surface area contributed by atoms with Crippen LogP contribution >= 0.6 is 0 Å². The van der Waals surface area contributed by atoms with Gasteiger partial charge in [0.05, 0.1) is 5.60 Å². The Bertz CT molecular complexity index is 371. The maximum absolute atomic E-state index is 12.5. The molecule has 7 nitrogen and oxygen atoms in total. The quantitative estimate of drug-likeness (QED) is 0.643. The van der Waals surface area contributed by atoms with Crippen molar-refractivity contribution in [2.45, 2.75) is 39.3 Å². The number of carbonyl (C=O) groups excluding carboxylic acids is 2. The average molecular weight is 300 g/mol. The van der Waals surface area contributed by atoms with Crippen LogP contribution in [0.2, 0.25) is 0 Å². The van der Waals surface area contributed by atoms with E-state index in [2.05, 4.69) is 10.2 Å². The van der Waals surface area contributed by atoms with Crippen LogP contribution in [0.15, 0.2) is 0 Å². The normalized spacial score (nSPS) is 18.7. The van der Waals surface area contributed by atoms with Crippen molar-refractivity contribution in [2.24, 2.45) is 11.7 Å². The highest BCUT2D eigenvalue weighted by atomic mass is 16.3. The van der Waals surface area contributed by atoms with Gasteiger partial charge in [-0.1, -0.05) is 13.8 Å². The Labute approximate surface area is 126 Å². The number of rotatable bonds is 5. The van der Waals surface area contributed by atoms with E-state index in [4.69, 9.17) is 5.73 Å². The van der Waals surface area contributed by atoms with Crippen molar-refractivity contribution in [3.63, 3.8) is 0 Å². The molecule has 1 aliphatic heterocycles. The van der Waals surface area contributed by atoms with Crippen molar-refractivity contribution in [1.82, 2.24) is 15.1 Å². The second-order valence-corrected chi connectivity index (χ2v) is 6.64. The van der Waals surface area contributed by atoms with E-state index in [-0.39, 0.29) is 11.8 Å². The molecular formula is C14H28N4O3. The van der Waals surface area contributed by atoms with Crippen molar-refractivity contribution in [1.29, 1.82) is 0 Å². The van der Waals surface area contributed by atoms with E-state index in [9.17, 15) is 14.7 Å². The Morgan fingerprint density at radius 2 is 1.76 bits per heavy atom. The molecule has 1 saturated heterocycles. The van der Waals surface area contributed by atoms with Crippen molar-refractivity contribution in [2.75, 3.05) is 32.7 Å². The standard InChI is InChI=1S/C14H28N4O3/c1-10(2)11(16-13(15)20)12(19)18-7-5-17(6-8-18)9-14(3,4)21/h10-11,21H,5-9H2,1-4H3,(H3,15,16,20). The predicted octanol–water partition coefficient (Wildman–Crippen LogP) is -0.406. The zero-order chi connectivity index (χ0) is 16.2. The van der Waals surface area contributed by atoms with Crippen LogP contribution in [0.1, 0.15) is 27.7 Å². The summed E-state index contributed by atoms with van der Waals surface area (Å²) in [5.74, 6) is -0.105. The van der Waals surface area contributed by atoms with Crippen LogP contribution in [-0.2, 0) is 4.79 Å². The highest BCUT2D eigenvalue weighted by molar-refractivity contribution is 5.86. The number of carbonyl (C=O) groups is 2. The molecule has 1 fully saturated rings. The zero-order valence-corrected chi connectivity index (χ0v) is 13.4. The summed E-state index contributed by atoms with van der Waals surface area (Å²) in [4.78, 5) is 27.4. The molecule has 7 heteroatoms. The minimum atomic E-state index is -0.736. The van der Waals surface area contributed by atoms with Gasteiger partial charge in [0.25, 0.3) is 0 Å². The number of piperazine rings is 1. The Balaban J connectivity index is 2.55. The molecule has 122 valence electrons. The van der Waals surface area contributed by atoms with Gasteiger partial charge in [-0.15, -0.1) is 0 Å². The molecule has 1 unspecified atom stereocenters. The minimum absolute atomic E-state index is 0.0144. The van der Waals surface area contributed by atoms with Crippen molar-refractivity contribution in [3.8, 4) is 0 Å². The monoisotopic (exact) mass is 300 g/mol. The summed E-state index contributed by atoms with van der Waals surface area (Å²) >= 11 is 0. The fourth-order valence-corrected chi connectivity index (χ4v) is 2.54. The molecule has 1 atom stereocenters. The highest BCUT2D eigenvalue weighted by Gasteiger charge is 2.31. The van der Waals surface area contributed by atoms with E-state index in [0.717, 1.165) is 13.1 Å². The lowest BCUT2D eigenvalue weighted by molar-refractivity contribution is -0.136. The third-order valence-corrected chi connectivity index (χ3v) is 3.52. The van der Waals surface area contributed by atoms with Crippen LogP contribution in [0.3, 0.4) is 0 Å². The first kappa shape index (κ1) is 17.7. The van der Waals surface area contributed by atoms with Gasteiger partial charge >= 0.3 is 6.03 Å². The van der Waals surface area contributed by atoms with Gasteiger partial charge in [0.15, 0.2) is 0 Å². The molecule has 1 aliphatic rings. The number of aliphatic hydroxyl groups is 1. The van der Waals surface area contributed by atoms with Crippen LogP contribution in [0, 0.1) is 5.92 Å². The lowest BCUT2D eigenvalue weighted by atomic mass is 10.0. The number of nitrogens with two attached hydrogens (primary N) is 1. The van der Waals surface area contributed by atoms with Crippen LogP contribution < -0.4 is 11.1 Å². The third-order valence-electron chi connectivity index (χ3n) is 3.52.